The van der Waals surface area contributed by atoms with Crippen LogP contribution >= 0.6 is 0 Å². The zero-order chi connectivity index (χ0) is 12.4. The van der Waals surface area contributed by atoms with Crippen LogP contribution in [0.5, 0.6) is 5.75 Å². The number of benzene rings is 1. The van der Waals surface area contributed by atoms with E-state index in [-0.39, 0.29) is 6.10 Å². The number of hydrogen-bond acceptors (Lipinski definition) is 4. The fourth-order valence-corrected chi connectivity index (χ4v) is 2.67. The van der Waals surface area contributed by atoms with Gasteiger partial charge in [-0.3, -0.25) is 0 Å². The first kappa shape index (κ1) is 12.0. The van der Waals surface area contributed by atoms with E-state index in [9.17, 15) is 5.11 Å². The molecule has 98 valence electrons. The summed E-state index contributed by atoms with van der Waals surface area (Å²) in [5.74, 6) is 0.812. The summed E-state index contributed by atoms with van der Waals surface area (Å²) >= 11 is 0. The molecule has 0 aromatic heterocycles. The largest absolute Gasteiger partial charge is 0.462 e. The molecule has 0 spiro atoms. The number of fused-ring (bicyclic) bond motifs is 1. The molecule has 3 rings (SSSR count). The molecular weight excluding hydrogens is 230 g/mol. The second-order valence-corrected chi connectivity index (χ2v) is 4.87. The molecule has 2 atom stereocenters. The third-order valence-corrected chi connectivity index (χ3v) is 3.62. The minimum absolute atomic E-state index is 0.281. The molecule has 18 heavy (non-hydrogen) atoms. The zero-order valence-corrected chi connectivity index (χ0v) is 10.4. The molecule has 1 aliphatic carbocycles. The quantitative estimate of drug-likeness (QED) is 0.780. The van der Waals surface area contributed by atoms with Crippen molar-refractivity contribution in [2.24, 2.45) is 0 Å². The fraction of sp³-hybridized carbons (Fsp3) is 0.571. The van der Waals surface area contributed by atoms with Crippen LogP contribution in [0.4, 0.5) is 0 Å². The first-order chi connectivity index (χ1) is 8.84. The van der Waals surface area contributed by atoms with E-state index >= 15 is 0 Å². The fourth-order valence-electron chi connectivity index (χ4n) is 2.67. The lowest BCUT2D eigenvalue weighted by Crippen LogP contribution is -2.47. The van der Waals surface area contributed by atoms with Gasteiger partial charge in [0.15, 0.2) is 0 Å². The lowest BCUT2D eigenvalue weighted by Gasteiger charge is -2.28. The number of morpholine rings is 1. The molecule has 0 saturated carbocycles. The lowest BCUT2D eigenvalue weighted by molar-refractivity contribution is -0.137. The average Bonchev–Trinajstić information content (AvgIpc) is 2.89. The molecular formula is C14H19NO3. The van der Waals surface area contributed by atoms with E-state index in [4.69, 9.17) is 9.47 Å². The molecule has 0 radical (unpaired) electrons. The van der Waals surface area contributed by atoms with Crippen LogP contribution in [0.15, 0.2) is 18.2 Å². The van der Waals surface area contributed by atoms with Gasteiger partial charge in [-0.15, -0.1) is 0 Å². The zero-order valence-electron chi connectivity index (χ0n) is 10.4. The highest BCUT2D eigenvalue weighted by atomic mass is 16.6. The van der Waals surface area contributed by atoms with Gasteiger partial charge in [0.05, 0.1) is 6.61 Å². The molecule has 1 heterocycles. The second kappa shape index (κ2) is 5.26. The first-order valence-corrected chi connectivity index (χ1v) is 6.62. The predicted molar refractivity (Wildman–Crippen MR) is 67.7 cm³/mol. The number of nitrogens with one attached hydrogen (secondary N) is 1. The van der Waals surface area contributed by atoms with Crippen LogP contribution in [0.1, 0.15) is 17.5 Å². The van der Waals surface area contributed by atoms with Gasteiger partial charge in [0.1, 0.15) is 11.9 Å². The van der Waals surface area contributed by atoms with Crippen LogP contribution < -0.4 is 10.1 Å². The van der Waals surface area contributed by atoms with Crippen molar-refractivity contribution < 1.29 is 14.6 Å². The Balaban J connectivity index is 1.70. The van der Waals surface area contributed by atoms with Crippen LogP contribution in [0.3, 0.4) is 0 Å². The summed E-state index contributed by atoms with van der Waals surface area (Å²) in [5.41, 5.74) is 2.60. The smallest absolute Gasteiger partial charge is 0.225 e. The summed E-state index contributed by atoms with van der Waals surface area (Å²) in [6, 6.07) is 6.07. The van der Waals surface area contributed by atoms with Gasteiger partial charge in [-0.25, -0.2) is 0 Å². The topological polar surface area (TPSA) is 50.7 Å². The predicted octanol–water partition coefficient (Wildman–Crippen LogP) is 0.861. The van der Waals surface area contributed by atoms with Crippen molar-refractivity contribution in [3.8, 4) is 5.75 Å². The monoisotopic (exact) mass is 249 g/mol. The van der Waals surface area contributed by atoms with E-state index < -0.39 is 6.29 Å². The van der Waals surface area contributed by atoms with Crippen molar-refractivity contribution in [3.63, 3.8) is 0 Å². The maximum atomic E-state index is 10.1. The third-order valence-electron chi connectivity index (χ3n) is 3.62. The first-order valence-electron chi connectivity index (χ1n) is 6.62. The van der Waals surface area contributed by atoms with E-state index in [1.807, 2.05) is 12.1 Å². The van der Waals surface area contributed by atoms with Crippen molar-refractivity contribution in [1.82, 2.24) is 5.32 Å². The van der Waals surface area contributed by atoms with Gasteiger partial charge < -0.3 is 19.9 Å². The van der Waals surface area contributed by atoms with Crippen LogP contribution in [-0.4, -0.2) is 37.2 Å². The Morgan fingerprint density at radius 2 is 2.33 bits per heavy atom. The van der Waals surface area contributed by atoms with Crippen molar-refractivity contribution in [3.05, 3.63) is 29.3 Å². The Bertz CT molecular complexity index is 416. The van der Waals surface area contributed by atoms with Gasteiger partial charge in [0.2, 0.25) is 6.29 Å². The van der Waals surface area contributed by atoms with Crippen LogP contribution in [0.25, 0.3) is 0 Å². The number of aliphatic hydroxyl groups excluding tert-OH is 1. The lowest BCUT2D eigenvalue weighted by atomic mass is 10.1. The normalized spacial score (nSPS) is 24.6. The van der Waals surface area contributed by atoms with Gasteiger partial charge in [0, 0.05) is 13.1 Å². The van der Waals surface area contributed by atoms with Crippen molar-refractivity contribution >= 4 is 0 Å². The highest BCUT2D eigenvalue weighted by Crippen LogP contribution is 2.31. The summed E-state index contributed by atoms with van der Waals surface area (Å²) in [7, 11) is 0. The molecule has 2 unspecified atom stereocenters. The van der Waals surface area contributed by atoms with Crippen molar-refractivity contribution in [1.29, 1.82) is 0 Å². The van der Waals surface area contributed by atoms with Gasteiger partial charge >= 0.3 is 0 Å². The summed E-state index contributed by atoms with van der Waals surface area (Å²) in [6.07, 6.45) is 2.15. The maximum absolute atomic E-state index is 10.1. The Morgan fingerprint density at radius 3 is 3.17 bits per heavy atom. The summed E-state index contributed by atoms with van der Waals surface area (Å²) < 4.78 is 11.2. The van der Waals surface area contributed by atoms with E-state index in [0.717, 1.165) is 25.1 Å². The van der Waals surface area contributed by atoms with Crippen LogP contribution in [0, 0.1) is 0 Å². The summed E-state index contributed by atoms with van der Waals surface area (Å²) in [4.78, 5) is 0. The van der Waals surface area contributed by atoms with E-state index in [2.05, 4.69) is 11.4 Å². The van der Waals surface area contributed by atoms with E-state index in [1.165, 1.54) is 17.5 Å². The Morgan fingerprint density at radius 1 is 1.39 bits per heavy atom. The highest BCUT2D eigenvalue weighted by Gasteiger charge is 2.25. The number of aryl methyl sites for hydroxylation is 1. The molecule has 0 bridgehead atoms. The second-order valence-electron chi connectivity index (χ2n) is 4.87. The molecule has 4 nitrogen and oxygen atoms in total. The molecule has 1 aromatic carbocycles. The van der Waals surface area contributed by atoms with E-state index in [1.54, 1.807) is 0 Å². The number of rotatable bonds is 3. The Kier molecular flexibility index (Phi) is 3.50. The Hall–Kier alpha value is -1.10. The molecule has 0 amide bonds. The molecule has 1 aliphatic heterocycles. The van der Waals surface area contributed by atoms with E-state index in [0.29, 0.717) is 13.2 Å². The number of hydrogen-bond donors (Lipinski definition) is 2. The standard InChI is InChI=1S/C14H19NO3/c16-14(13-9-15-7-8-17-13)18-12-6-2-4-10-3-1-5-11(10)12/h2,4,6,13-16H,1,3,5,7-9H2. The molecule has 1 aromatic rings. The Labute approximate surface area is 107 Å². The number of aliphatic hydroxyl groups is 1. The van der Waals surface area contributed by atoms with Crippen LogP contribution in [-0.2, 0) is 17.6 Å². The molecule has 4 heteroatoms. The molecule has 2 N–H and O–H groups in total. The van der Waals surface area contributed by atoms with Crippen molar-refractivity contribution in [2.45, 2.75) is 31.7 Å². The molecule has 1 fully saturated rings. The minimum atomic E-state index is -0.898. The third kappa shape index (κ3) is 2.36. The van der Waals surface area contributed by atoms with Gasteiger partial charge in [-0.05, 0) is 36.5 Å². The number of ether oxygens (including phenoxy) is 2. The molecule has 2 aliphatic rings. The van der Waals surface area contributed by atoms with Gasteiger partial charge in [-0.2, -0.15) is 0 Å². The SMILES string of the molecule is OC(Oc1cccc2c1CCC2)C1CNCCO1. The minimum Gasteiger partial charge on any atom is -0.462 e. The summed E-state index contributed by atoms with van der Waals surface area (Å²) in [5, 5.41) is 13.3. The highest BCUT2D eigenvalue weighted by molar-refractivity contribution is 5.43. The van der Waals surface area contributed by atoms with Crippen molar-refractivity contribution in [2.75, 3.05) is 19.7 Å². The summed E-state index contributed by atoms with van der Waals surface area (Å²) in [6.45, 7) is 2.10. The van der Waals surface area contributed by atoms with Gasteiger partial charge in [0.25, 0.3) is 0 Å². The van der Waals surface area contributed by atoms with Gasteiger partial charge in [-0.1, -0.05) is 12.1 Å². The van der Waals surface area contributed by atoms with Crippen LogP contribution in [0.2, 0.25) is 0 Å². The average molecular weight is 249 g/mol. The molecule has 1 saturated heterocycles. The maximum Gasteiger partial charge on any atom is 0.225 e.